The average Bonchev–Trinajstić information content (AvgIpc) is 2.75. The lowest BCUT2D eigenvalue weighted by molar-refractivity contribution is 0.0648. The van der Waals surface area contributed by atoms with E-state index in [4.69, 9.17) is 5.73 Å². The summed E-state index contributed by atoms with van der Waals surface area (Å²) in [7, 11) is 0. The molecular weight excluding hydrogens is 226 g/mol. The molecule has 0 saturated carbocycles. The first-order valence-electron chi connectivity index (χ1n) is 6.70. The second kappa shape index (κ2) is 5.14. The highest BCUT2D eigenvalue weighted by atomic mass is 16.2. The summed E-state index contributed by atoms with van der Waals surface area (Å²) >= 11 is 0. The fraction of sp³-hybridized carbons (Fsp3) is 0.643. The maximum Gasteiger partial charge on any atom is 0.270 e. The minimum Gasteiger partial charge on any atom is -0.341 e. The molecule has 1 aromatic rings. The summed E-state index contributed by atoms with van der Waals surface area (Å²) < 4.78 is 2.02. The van der Waals surface area contributed by atoms with Crippen LogP contribution in [-0.4, -0.2) is 34.5 Å². The maximum atomic E-state index is 12.5. The molecular formula is C14H23N3O. The SMILES string of the molecule is CC1CC(N)CN(C(=O)c2cccn2C(C)C)C1. The summed E-state index contributed by atoms with van der Waals surface area (Å²) in [6.07, 6.45) is 2.97. The Hall–Kier alpha value is -1.29. The molecule has 0 spiro atoms. The fourth-order valence-electron chi connectivity index (χ4n) is 2.75. The van der Waals surface area contributed by atoms with Crippen molar-refractivity contribution in [3.63, 3.8) is 0 Å². The van der Waals surface area contributed by atoms with Gasteiger partial charge in [-0.25, -0.2) is 0 Å². The first kappa shape index (κ1) is 13.1. The van der Waals surface area contributed by atoms with E-state index in [1.165, 1.54) is 0 Å². The lowest BCUT2D eigenvalue weighted by Gasteiger charge is -2.35. The lowest BCUT2D eigenvalue weighted by Crippen LogP contribution is -2.49. The summed E-state index contributed by atoms with van der Waals surface area (Å²) in [5.41, 5.74) is 6.77. The predicted octanol–water partition coefficient (Wildman–Crippen LogP) is 1.88. The second-order valence-corrected chi connectivity index (χ2v) is 5.71. The van der Waals surface area contributed by atoms with Gasteiger partial charge in [-0.2, -0.15) is 0 Å². The molecule has 4 nitrogen and oxygen atoms in total. The number of likely N-dealkylation sites (tertiary alicyclic amines) is 1. The third-order valence-electron chi connectivity index (χ3n) is 3.53. The Labute approximate surface area is 109 Å². The van der Waals surface area contributed by atoms with E-state index in [9.17, 15) is 4.79 Å². The number of nitrogens with zero attached hydrogens (tertiary/aromatic N) is 2. The molecule has 2 N–H and O–H groups in total. The van der Waals surface area contributed by atoms with E-state index in [0.29, 0.717) is 18.5 Å². The molecule has 1 aliphatic rings. The molecule has 2 unspecified atom stereocenters. The standard InChI is InChI=1S/C14H23N3O/c1-10(2)17-6-4-5-13(17)14(18)16-8-11(3)7-12(15)9-16/h4-6,10-12H,7-9,15H2,1-3H3. The number of piperidine rings is 1. The van der Waals surface area contributed by atoms with Crippen LogP contribution in [0.1, 0.15) is 43.7 Å². The van der Waals surface area contributed by atoms with Crippen LogP contribution in [0.3, 0.4) is 0 Å². The van der Waals surface area contributed by atoms with E-state index in [0.717, 1.165) is 18.7 Å². The van der Waals surface area contributed by atoms with Crippen LogP contribution < -0.4 is 5.73 Å². The quantitative estimate of drug-likeness (QED) is 0.870. The van der Waals surface area contributed by atoms with Gasteiger partial charge < -0.3 is 15.2 Å². The van der Waals surface area contributed by atoms with Crippen LogP contribution in [0.15, 0.2) is 18.3 Å². The summed E-state index contributed by atoms with van der Waals surface area (Å²) in [6, 6.07) is 4.24. The van der Waals surface area contributed by atoms with Gasteiger partial charge in [0.05, 0.1) is 0 Å². The van der Waals surface area contributed by atoms with Crippen molar-refractivity contribution in [2.45, 2.75) is 39.3 Å². The molecule has 1 saturated heterocycles. The zero-order valence-corrected chi connectivity index (χ0v) is 11.5. The highest BCUT2D eigenvalue weighted by molar-refractivity contribution is 5.93. The van der Waals surface area contributed by atoms with Gasteiger partial charge in [0.25, 0.3) is 5.91 Å². The summed E-state index contributed by atoms with van der Waals surface area (Å²) in [5.74, 6) is 0.593. The van der Waals surface area contributed by atoms with Crippen molar-refractivity contribution >= 4 is 5.91 Å². The van der Waals surface area contributed by atoms with Gasteiger partial charge in [0.1, 0.15) is 5.69 Å². The van der Waals surface area contributed by atoms with Crippen LogP contribution in [0, 0.1) is 5.92 Å². The van der Waals surface area contributed by atoms with Gasteiger partial charge >= 0.3 is 0 Å². The average molecular weight is 249 g/mol. The Bertz CT molecular complexity index is 414. The van der Waals surface area contributed by atoms with Crippen molar-refractivity contribution in [2.75, 3.05) is 13.1 Å². The van der Waals surface area contributed by atoms with Gasteiger partial charge in [0, 0.05) is 31.4 Å². The van der Waals surface area contributed by atoms with Crippen molar-refractivity contribution in [3.8, 4) is 0 Å². The number of aromatic nitrogens is 1. The van der Waals surface area contributed by atoms with Crippen molar-refractivity contribution in [3.05, 3.63) is 24.0 Å². The molecule has 1 aliphatic heterocycles. The van der Waals surface area contributed by atoms with E-state index in [-0.39, 0.29) is 11.9 Å². The smallest absolute Gasteiger partial charge is 0.270 e. The Morgan fingerprint density at radius 1 is 1.44 bits per heavy atom. The molecule has 0 bridgehead atoms. The third-order valence-corrected chi connectivity index (χ3v) is 3.53. The van der Waals surface area contributed by atoms with E-state index in [2.05, 4.69) is 20.8 Å². The minimum atomic E-state index is 0.107. The molecule has 1 amide bonds. The van der Waals surface area contributed by atoms with E-state index in [1.54, 1.807) is 0 Å². The summed E-state index contributed by atoms with van der Waals surface area (Å²) in [5, 5.41) is 0. The lowest BCUT2D eigenvalue weighted by atomic mass is 9.96. The highest BCUT2D eigenvalue weighted by Gasteiger charge is 2.27. The Morgan fingerprint density at radius 2 is 2.17 bits per heavy atom. The molecule has 4 heteroatoms. The third kappa shape index (κ3) is 2.58. The van der Waals surface area contributed by atoms with Crippen LogP contribution in [0.25, 0.3) is 0 Å². The van der Waals surface area contributed by atoms with Gasteiger partial charge in [-0.15, -0.1) is 0 Å². The Balaban J connectivity index is 2.18. The normalized spacial score (nSPS) is 24.6. The Kier molecular flexibility index (Phi) is 3.76. The molecule has 2 heterocycles. The molecule has 0 aliphatic carbocycles. The van der Waals surface area contributed by atoms with Gasteiger partial charge in [-0.3, -0.25) is 4.79 Å². The van der Waals surface area contributed by atoms with Crippen molar-refractivity contribution in [1.82, 2.24) is 9.47 Å². The molecule has 18 heavy (non-hydrogen) atoms. The Morgan fingerprint density at radius 3 is 2.78 bits per heavy atom. The van der Waals surface area contributed by atoms with E-state index >= 15 is 0 Å². The van der Waals surface area contributed by atoms with Crippen LogP contribution in [-0.2, 0) is 0 Å². The van der Waals surface area contributed by atoms with E-state index < -0.39 is 0 Å². The highest BCUT2D eigenvalue weighted by Crippen LogP contribution is 2.19. The van der Waals surface area contributed by atoms with Crippen LogP contribution in [0.4, 0.5) is 0 Å². The number of rotatable bonds is 2. The number of hydrogen-bond acceptors (Lipinski definition) is 2. The van der Waals surface area contributed by atoms with Crippen LogP contribution >= 0.6 is 0 Å². The zero-order chi connectivity index (χ0) is 13.3. The minimum absolute atomic E-state index is 0.107. The topological polar surface area (TPSA) is 51.3 Å². The molecule has 2 atom stereocenters. The van der Waals surface area contributed by atoms with Gasteiger partial charge in [-0.1, -0.05) is 6.92 Å². The number of carbonyl (C=O) groups is 1. The molecule has 1 fully saturated rings. The number of amides is 1. The van der Waals surface area contributed by atoms with Gasteiger partial charge in [-0.05, 0) is 38.3 Å². The first-order valence-corrected chi connectivity index (χ1v) is 6.70. The predicted molar refractivity (Wildman–Crippen MR) is 72.5 cm³/mol. The largest absolute Gasteiger partial charge is 0.341 e. The fourth-order valence-corrected chi connectivity index (χ4v) is 2.75. The van der Waals surface area contributed by atoms with Crippen molar-refractivity contribution in [1.29, 1.82) is 0 Å². The second-order valence-electron chi connectivity index (χ2n) is 5.71. The summed E-state index contributed by atoms with van der Waals surface area (Å²) in [4.78, 5) is 14.4. The van der Waals surface area contributed by atoms with E-state index in [1.807, 2.05) is 27.8 Å². The number of nitrogens with two attached hydrogens (primary N) is 1. The number of carbonyl (C=O) groups excluding carboxylic acids is 1. The zero-order valence-electron chi connectivity index (χ0n) is 11.5. The van der Waals surface area contributed by atoms with Gasteiger partial charge in [0.2, 0.25) is 0 Å². The van der Waals surface area contributed by atoms with Crippen LogP contribution in [0.2, 0.25) is 0 Å². The van der Waals surface area contributed by atoms with Crippen molar-refractivity contribution < 1.29 is 4.79 Å². The van der Waals surface area contributed by atoms with Crippen molar-refractivity contribution in [2.24, 2.45) is 11.7 Å². The number of hydrogen-bond donors (Lipinski definition) is 1. The molecule has 100 valence electrons. The molecule has 1 aromatic heterocycles. The molecule has 2 rings (SSSR count). The molecule has 0 radical (unpaired) electrons. The van der Waals surface area contributed by atoms with Gasteiger partial charge in [0.15, 0.2) is 0 Å². The first-order chi connectivity index (χ1) is 8.49. The monoisotopic (exact) mass is 249 g/mol. The maximum absolute atomic E-state index is 12.5. The molecule has 0 aromatic carbocycles. The summed E-state index contributed by atoms with van der Waals surface area (Å²) in [6.45, 7) is 7.81. The van der Waals surface area contributed by atoms with Crippen LogP contribution in [0.5, 0.6) is 0 Å².